The largest absolute Gasteiger partial charge is 0.504 e. The molecule has 2 fully saturated rings. The maximum absolute atomic E-state index is 13.7. The SMILES string of the molecule is Cc1c(F)cccc1NC(=O)Nc1ccc(Cl)c(S(=O)(=O)NC2CC3CCC(C2)N3C)c1O. The number of hydrogen-bond acceptors (Lipinski definition) is 5. The van der Waals surface area contributed by atoms with Crippen molar-refractivity contribution < 1.29 is 22.7 Å². The van der Waals surface area contributed by atoms with Crippen LogP contribution in [-0.2, 0) is 10.0 Å². The van der Waals surface area contributed by atoms with E-state index >= 15 is 0 Å². The predicted molar refractivity (Wildman–Crippen MR) is 125 cm³/mol. The van der Waals surface area contributed by atoms with Crippen molar-refractivity contribution in [1.29, 1.82) is 0 Å². The maximum Gasteiger partial charge on any atom is 0.323 e. The van der Waals surface area contributed by atoms with Crippen LogP contribution in [0.1, 0.15) is 31.2 Å². The smallest absolute Gasteiger partial charge is 0.323 e. The van der Waals surface area contributed by atoms with Gasteiger partial charge in [-0.1, -0.05) is 17.7 Å². The van der Waals surface area contributed by atoms with Crippen LogP contribution in [-0.4, -0.2) is 49.6 Å². The van der Waals surface area contributed by atoms with Crippen LogP contribution in [0.2, 0.25) is 5.02 Å². The van der Waals surface area contributed by atoms with Crippen molar-refractivity contribution in [3.63, 3.8) is 0 Å². The highest BCUT2D eigenvalue weighted by molar-refractivity contribution is 7.89. The molecule has 4 N–H and O–H groups in total. The minimum atomic E-state index is -4.16. The standard InChI is InChI=1S/C22H26ClFN4O4S/c1-12-17(24)4-3-5-18(12)25-22(30)26-19-9-8-16(23)21(20(19)29)33(31,32)27-13-10-14-6-7-15(11-13)28(14)2/h3-5,8-9,13-15,27,29H,6-7,10-11H2,1-2H3,(H2,25,26,30). The van der Waals surface area contributed by atoms with E-state index in [0.717, 1.165) is 12.8 Å². The van der Waals surface area contributed by atoms with Gasteiger partial charge < -0.3 is 20.6 Å². The fourth-order valence-electron chi connectivity index (χ4n) is 4.71. The van der Waals surface area contributed by atoms with Crippen LogP contribution in [0, 0.1) is 12.7 Å². The first-order chi connectivity index (χ1) is 15.6. The second-order valence-electron chi connectivity index (χ2n) is 8.60. The van der Waals surface area contributed by atoms with Crippen LogP contribution in [0.3, 0.4) is 0 Å². The fraction of sp³-hybridized carbons (Fsp3) is 0.409. The Balaban J connectivity index is 1.52. The molecule has 33 heavy (non-hydrogen) atoms. The number of carbonyl (C=O) groups is 1. The molecule has 0 spiro atoms. The summed E-state index contributed by atoms with van der Waals surface area (Å²) in [5, 5.41) is 15.4. The molecule has 2 atom stereocenters. The summed E-state index contributed by atoms with van der Waals surface area (Å²) in [7, 11) is -2.10. The van der Waals surface area contributed by atoms with Crippen LogP contribution >= 0.6 is 11.6 Å². The van der Waals surface area contributed by atoms with Crippen LogP contribution < -0.4 is 15.4 Å². The number of nitrogens with one attached hydrogen (secondary N) is 3. The minimum absolute atomic E-state index is 0.144. The Kier molecular flexibility index (Phi) is 6.54. The van der Waals surface area contributed by atoms with Crippen LogP contribution in [0.5, 0.6) is 5.75 Å². The van der Waals surface area contributed by atoms with Crippen molar-refractivity contribution in [2.45, 2.75) is 55.6 Å². The van der Waals surface area contributed by atoms with E-state index in [-0.39, 0.29) is 28.0 Å². The molecule has 2 saturated heterocycles. The van der Waals surface area contributed by atoms with Crippen molar-refractivity contribution >= 4 is 39.0 Å². The lowest BCUT2D eigenvalue weighted by Crippen LogP contribution is -2.48. The molecule has 0 saturated carbocycles. The third-order valence-electron chi connectivity index (χ3n) is 6.54. The van der Waals surface area contributed by atoms with Gasteiger partial charge in [-0.2, -0.15) is 0 Å². The number of nitrogens with zero attached hydrogens (tertiary/aromatic N) is 1. The quantitative estimate of drug-likeness (QED) is 0.467. The number of halogens is 2. The number of phenolic OH excluding ortho intramolecular Hbond substituents is 1. The zero-order valence-corrected chi connectivity index (χ0v) is 19.8. The lowest BCUT2D eigenvalue weighted by molar-refractivity contribution is 0.157. The average Bonchev–Trinajstić information content (AvgIpc) is 2.94. The summed E-state index contributed by atoms with van der Waals surface area (Å²) < 4.78 is 42.7. The predicted octanol–water partition coefficient (Wildman–Crippen LogP) is 4.04. The number of fused-ring (bicyclic) bond motifs is 2. The van der Waals surface area contributed by atoms with E-state index in [1.54, 1.807) is 0 Å². The van der Waals surface area contributed by atoms with E-state index < -0.39 is 32.5 Å². The van der Waals surface area contributed by atoms with Gasteiger partial charge in [-0.15, -0.1) is 0 Å². The van der Waals surface area contributed by atoms with Crippen molar-refractivity contribution in [3.05, 3.63) is 46.7 Å². The van der Waals surface area contributed by atoms with E-state index in [9.17, 15) is 22.7 Å². The molecule has 11 heteroatoms. The zero-order chi connectivity index (χ0) is 23.9. The van der Waals surface area contributed by atoms with Crippen molar-refractivity contribution in [3.8, 4) is 5.75 Å². The Labute approximate surface area is 197 Å². The number of anilines is 2. The number of phenols is 1. The highest BCUT2D eigenvalue weighted by Gasteiger charge is 2.40. The molecule has 4 rings (SSSR count). The molecular weight excluding hydrogens is 471 g/mol. The molecule has 2 aliphatic heterocycles. The van der Waals surface area contributed by atoms with Gasteiger partial charge in [0.15, 0.2) is 5.75 Å². The molecule has 2 bridgehead atoms. The molecule has 0 aliphatic carbocycles. The van der Waals surface area contributed by atoms with Gasteiger partial charge in [-0.3, -0.25) is 0 Å². The van der Waals surface area contributed by atoms with Crippen LogP contribution in [0.25, 0.3) is 0 Å². The number of rotatable bonds is 5. The van der Waals surface area contributed by atoms with Gasteiger partial charge in [0.1, 0.15) is 10.7 Å². The molecule has 2 unspecified atom stereocenters. The van der Waals surface area contributed by atoms with E-state index in [0.29, 0.717) is 24.9 Å². The van der Waals surface area contributed by atoms with Gasteiger partial charge in [0.2, 0.25) is 10.0 Å². The van der Waals surface area contributed by atoms with E-state index in [1.165, 1.54) is 37.3 Å². The Hall–Kier alpha value is -2.40. The lowest BCUT2D eigenvalue weighted by atomic mass is 9.99. The molecule has 8 nitrogen and oxygen atoms in total. The van der Waals surface area contributed by atoms with Crippen molar-refractivity contribution in [2.75, 3.05) is 17.7 Å². The fourth-order valence-corrected chi connectivity index (χ4v) is 6.60. The van der Waals surface area contributed by atoms with Gasteiger partial charge in [0, 0.05) is 29.4 Å². The normalized spacial score (nSPS) is 22.8. The number of carbonyl (C=O) groups excluding carboxylic acids is 1. The number of benzene rings is 2. The van der Waals surface area contributed by atoms with Crippen molar-refractivity contribution in [2.24, 2.45) is 0 Å². The van der Waals surface area contributed by atoms with Gasteiger partial charge in [0.25, 0.3) is 0 Å². The van der Waals surface area contributed by atoms with Gasteiger partial charge in [-0.25, -0.2) is 22.3 Å². The summed E-state index contributed by atoms with van der Waals surface area (Å²) in [5.74, 6) is -1.15. The molecule has 2 aliphatic rings. The highest BCUT2D eigenvalue weighted by atomic mass is 35.5. The van der Waals surface area contributed by atoms with Gasteiger partial charge in [0.05, 0.1) is 10.7 Å². The molecule has 178 valence electrons. The minimum Gasteiger partial charge on any atom is -0.504 e. The Morgan fingerprint density at radius 2 is 1.76 bits per heavy atom. The molecule has 0 radical (unpaired) electrons. The molecule has 0 aromatic heterocycles. The maximum atomic E-state index is 13.7. The van der Waals surface area contributed by atoms with Gasteiger partial charge >= 0.3 is 6.03 Å². The first-order valence-electron chi connectivity index (χ1n) is 10.7. The summed E-state index contributed by atoms with van der Waals surface area (Å²) in [6, 6.07) is 6.43. The highest BCUT2D eigenvalue weighted by Crippen LogP contribution is 2.39. The molecule has 2 aromatic rings. The monoisotopic (exact) mass is 496 g/mol. The number of sulfonamides is 1. The molecule has 2 heterocycles. The van der Waals surface area contributed by atoms with Crippen LogP contribution in [0.15, 0.2) is 35.2 Å². The molecule has 2 aromatic carbocycles. The van der Waals surface area contributed by atoms with E-state index in [4.69, 9.17) is 11.6 Å². The van der Waals surface area contributed by atoms with Crippen LogP contribution in [0.4, 0.5) is 20.6 Å². The summed E-state index contributed by atoms with van der Waals surface area (Å²) in [6.45, 7) is 1.51. The number of aromatic hydroxyl groups is 1. The second kappa shape index (κ2) is 9.09. The molecular formula is C22H26ClFN4O4S. The van der Waals surface area contributed by atoms with E-state index in [1.807, 2.05) is 0 Å². The first kappa shape index (κ1) is 23.7. The number of piperidine rings is 1. The zero-order valence-electron chi connectivity index (χ0n) is 18.2. The Bertz CT molecular complexity index is 1180. The summed E-state index contributed by atoms with van der Waals surface area (Å²) in [4.78, 5) is 14.2. The third kappa shape index (κ3) is 4.79. The Morgan fingerprint density at radius 3 is 2.42 bits per heavy atom. The first-order valence-corrected chi connectivity index (χ1v) is 12.5. The summed E-state index contributed by atoms with van der Waals surface area (Å²) in [6.07, 6.45) is 3.42. The average molecular weight is 497 g/mol. The number of urea groups is 1. The second-order valence-corrected chi connectivity index (χ2v) is 10.7. The summed E-state index contributed by atoms with van der Waals surface area (Å²) >= 11 is 6.14. The van der Waals surface area contributed by atoms with E-state index in [2.05, 4.69) is 27.3 Å². The lowest BCUT2D eigenvalue weighted by Gasteiger charge is -2.36. The topological polar surface area (TPSA) is 111 Å². The van der Waals surface area contributed by atoms with Crippen molar-refractivity contribution in [1.82, 2.24) is 9.62 Å². The Morgan fingerprint density at radius 1 is 1.12 bits per heavy atom. The molecule has 2 amide bonds. The summed E-state index contributed by atoms with van der Waals surface area (Å²) in [5.41, 5.74) is 0.342. The third-order valence-corrected chi connectivity index (χ3v) is 8.56. The number of amides is 2. The van der Waals surface area contributed by atoms with Gasteiger partial charge in [-0.05, 0) is 63.9 Å². The number of hydrogen-bond donors (Lipinski definition) is 4.